The first-order valence-corrected chi connectivity index (χ1v) is 7.60. The Balaban J connectivity index is 2.26. The molecule has 0 saturated carbocycles. The van der Waals surface area contributed by atoms with Gasteiger partial charge in [0.05, 0.1) is 9.95 Å². The molecule has 21 heavy (non-hydrogen) atoms. The average Bonchev–Trinajstić information content (AvgIpc) is 2.47. The molecule has 0 fully saturated rings. The zero-order valence-electron chi connectivity index (χ0n) is 11.4. The van der Waals surface area contributed by atoms with E-state index in [0.717, 1.165) is 28.6 Å². The Morgan fingerprint density at radius 2 is 2.19 bits per heavy atom. The number of benzene rings is 1. The molecule has 0 saturated heterocycles. The molecular formula is C14H14ClN3O2S. The van der Waals surface area contributed by atoms with Crippen LogP contribution in [0.25, 0.3) is 0 Å². The van der Waals surface area contributed by atoms with Crippen LogP contribution < -0.4 is 5.32 Å². The molecule has 0 aliphatic rings. The van der Waals surface area contributed by atoms with Gasteiger partial charge < -0.3 is 5.32 Å². The lowest BCUT2D eigenvalue weighted by atomic mass is 10.2. The maximum absolute atomic E-state index is 11.0. The first-order valence-electron chi connectivity index (χ1n) is 6.41. The van der Waals surface area contributed by atoms with Crippen LogP contribution in [0.5, 0.6) is 0 Å². The topological polar surface area (TPSA) is 68.1 Å². The molecule has 0 unspecified atom stereocenters. The Bertz CT molecular complexity index is 635. The van der Waals surface area contributed by atoms with Gasteiger partial charge in [0.1, 0.15) is 5.03 Å². The number of non-ortho nitro benzene ring substituents is 1. The molecule has 2 aromatic rings. The maximum atomic E-state index is 11.0. The van der Waals surface area contributed by atoms with Crippen LogP contribution in [-0.2, 0) is 0 Å². The Labute approximate surface area is 131 Å². The van der Waals surface area contributed by atoms with Crippen LogP contribution >= 0.6 is 23.4 Å². The van der Waals surface area contributed by atoms with Gasteiger partial charge >= 0.3 is 0 Å². The number of nitro groups is 1. The lowest BCUT2D eigenvalue weighted by Gasteiger charge is -2.07. The van der Waals surface area contributed by atoms with Crippen molar-refractivity contribution in [1.82, 2.24) is 4.98 Å². The number of nitrogens with zero attached hydrogens (tertiary/aromatic N) is 2. The van der Waals surface area contributed by atoms with Gasteiger partial charge in [-0.2, -0.15) is 0 Å². The normalized spacial score (nSPS) is 10.4. The van der Waals surface area contributed by atoms with Crippen LogP contribution in [0.15, 0.2) is 46.5 Å². The fraction of sp³-hybridized carbons (Fsp3) is 0.214. The smallest absolute Gasteiger partial charge is 0.272 e. The summed E-state index contributed by atoms with van der Waals surface area (Å²) in [5.41, 5.74) is 0.801. The number of pyridine rings is 1. The molecular weight excluding hydrogens is 310 g/mol. The van der Waals surface area contributed by atoms with E-state index in [1.165, 1.54) is 23.9 Å². The summed E-state index contributed by atoms with van der Waals surface area (Å²) in [4.78, 5) is 15.6. The molecule has 7 heteroatoms. The minimum absolute atomic E-state index is 0.0626. The van der Waals surface area contributed by atoms with Crippen molar-refractivity contribution in [2.75, 3.05) is 11.9 Å². The summed E-state index contributed by atoms with van der Waals surface area (Å²) >= 11 is 7.15. The van der Waals surface area contributed by atoms with Gasteiger partial charge in [0, 0.05) is 35.5 Å². The van der Waals surface area contributed by atoms with Gasteiger partial charge in [-0.05, 0) is 24.6 Å². The third-order valence-corrected chi connectivity index (χ3v) is 3.75. The van der Waals surface area contributed by atoms with Gasteiger partial charge in [0.15, 0.2) is 0 Å². The van der Waals surface area contributed by atoms with Crippen molar-refractivity contribution in [2.45, 2.75) is 23.3 Å². The van der Waals surface area contributed by atoms with E-state index in [2.05, 4.69) is 10.3 Å². The van der Waals surface area contributed by atoms with Gasteiger partial charge in [0.25, 0.3) is 5.69 Å². The lowest BCUT2D eigenvalue weighted by Crippen LogP contribution is -2.00. The third kappa shape index (κ3) is 4.61. The molecule has 1 N–H and O–H groups in total. The third-order valence-electron chi connectivity index (χ3n) is 2.60. The van der Waals surface area contributed by atoms with E-state index in [0.29, 0.717) is 5.02 Å². The second-order valence-corrected chi connectivity index (χ2v) is 5.85. The standard InChI is InChI=1S/C14H14ClN3O2S/c1-2-5-16-11-6-12(18(19)20)8-13(7-11)21-14-4-3-10(15)9-17-14/h3-4,6-9,16H,2,5H2,1H3. The SMILES string of the molecule is CCCNc1cc(Sc2ccc(Cl)cn2)cc([N+](=O)[O-])c1. The van der Waals surface area contributed by atoms with Gasteiger partial charge in [-0.15, -0.1) is 0 Å². The lowest BCUT2D eigenvalue weighted by molar-refractivity contribution is -0.385. The van der Waals surface area contributed by atoms with E-state index in [9.17, 15) is 10.1 Å². The summed E-state index contributed by atoms with van der Waals surface area (Å²) in [6.45, 7) is 2.81. The molecule has 0 bridgehead atoms. The Hall–Kier alpha value is -1.79. The summed E-state index contributed by atoms with van der Waals surface area (Å²) in [5, 5.41) is 15.5. The van der Waals surface area contributed by atoms with E-state index < -0.39 is 4.92 Å². The molecule has 1 aromatic heterocycles. The van der Waals surface area contributed by atoms with E-state index in [4.69, 9.17) is 11.6 Å². The summed E-state index contributed by atoms with van der Waals surface area (Å²) in [6, 6.07) is 8.48. The van der Waals surface area contributed by atoms with Gasteiger partial charge in [-0.1, -0.05) is 30.3 Å². The monoisotopic (exact) mass is 323 g/mol. The molecule has 0 spiro atoms. The van der Waals surface area contributed by atoms with Crippen LogP contribution in [0.3, 0.4) is 0 Å². The summed E-state index contributed by atoms with van der Waals surface area (Å²) < 4.78 is 0. The van der Waals surface area contributed by atoms with Crippen molar-refractivity contribution in [1.29, 1.82) is 0 Å². The average molecular weight is 324 g/mol. The maximum Gasteiger partial charge on any atom is 0.272 e. The molecule has 5 nitrogen and oxygen atoms in total. The molecule has 0 atom stereocenters. The fourth-order valence-electron chi connectivity index (χ4n) is 1.66. The number of aromatic nitrogens is 1. The first-order chi connectivity index (χ1) is 10.1. The fourth-order valence-corrected chi connectivity index (χ4v) is 2.62. The first kappa shape index (κ1) is 15.6. The van der Waals surface area contributed by atoms with Gasteiger partial charge in [-0.3, -0.25) is 10.1 Å². The number of nitro benzene ring substituents is 1. The van der Waals surface area contributed by atoms with Crippen LogP contribution in [0.1, 0.15) is 13.3 Å². The molecule has 0 aliphatic heterocycles. The molecule has 2 rings (SSSR count). The summed E-state index contributed by atoms with van der Waals surface area (Å²) in [6.07, 6.45) is 2.50. The van der Waals surface area contributed by atoms with Crippen molar-refractivity contribution >= 4 is 34.7 Å². The Kier molecular flexibility index (Phi) is 5.41. The molecule has 0 amide bonds. The number of nitrogens with one attached hydrogen (secondary N) is 1. The highest BCUT2D eigenvalue weighted by atomic mass is 35.5. The molecule has 1 aromatic carbocycles. The van der Waals surface area contributed by atoms with E-state index in [1.54, 1.807) is 18.3 Å². The van der Waals surface area contributed by atoms with Crippen LogP contribution in [0.4, 0.5) is 11.4 Å². The summed E-state index contributed by atoms with van der Waals surface area (Å²) in [5.74, 6) is 0. The molecule has 0 radical (unpaired) electrons. The second kappa shape index (κ2) is 7.28. The Morgan fingerprint density at radius 3 is 2.81 bits per heavy atom. The van der Waals surface area contributed by atoms with Crippen molar-refractivity contribution < 1.29 is 4.92 Å². The van der Waals surface area contributed by atoms with Crippen LogP contribution in [0.2, 0.25) is 5.02 Å². The van der Waals surface area contributed by atoms with E-state index in [1.807, 2.05) is 13.0 Å². The van der Waals surface area contributed by atoms with E-state index in [-0.39, 0.29) is 5.69 Å². The quantitative estimate of drug-likeness (QED) is 0.620. The second-order valence-electron chi connectivity index (χ2n) is 4.32. The minimum Gasteiger partial charge on any atom is -0.385 e. The molecule has 110 valence electrons. The van der Waals surface area contributed by atoms with E-state index >= 15 is 0 Å². The van der Waals surface area contributed by atoms with Crippen molar-refractivity contribution in [3.8, 4) is 0 Å². The highest BCUT2D eigenvalue weighted by molar-refractivity contribution is 7.99. The van der Waals surface area contributed by atoms with Crippen molar-refractivity contribution in [3.63, 3.8) is 0 Å². The van der Waals surface area contributed by atoms with Crippen LogP contribution in [0, 0.1) is 10.1 Å². The predicted octanol–water partition coefficient (Wildman–Crippen LogP) is 4.62. The van der Waals surface area contributed by atoms with Crippen molar-refractivity contribution in [2.24, 2.45) is 0 Å². The number of rotatable bonds is 6. The molecule has 0 aliphatic carbocycles. The predicted molar refractivity (Wildman–Crippen MR) is 85.2 cm³/mol. The molecule has 1 heterocycles. The van der Waals surface area contributed by atoms with Gasteiger partial charge in [0.2, 0.25) is 0 Å². The minimum atomic E-state index is -0.392. The number of hydrogen-bond acceptors (Lipinski definition) is 5. The zero-order valence-corrected chi connectivity index (χ0v) is 12.9. The number of hydrogen-bond donors (Lipinski definition) is 1. The number of anilines is 1. The van der Waals surface area contributed by atoms with Gasteiger partial charge in [-0.25, -0.2) is 4.98 Å². The number of halogens is 1. The summed E-state index contributed by atoms with van der Waals surface area (Å²) in [7, 11) is 0. The highest BCUT2D eigenvalue weighted by Gasteiger charge is 2.11. The van der Waals surface area contributed by atoms with Crippen LogP contribution in [-0.4, -0.2) is 16.5 Å². The highest BCUT2D eigenvalue weighted by Crippen LogP contribution is 2.32. The van der Waals surface area contributed by atoms with Crippen molar-refractivity contribution in [3.05, 3.63) is 51.7 Å². The largest absolute Gasteiger partial charge is 0.385 e. The Morgan fingerprint density at radius 1 is 1.38 bits per heavy atom. The zero-order chi connectivity index (χ0) is 15.2.